The van der Waals surface area contributed by atoms with E-state index in [9.17, 15) is 17.6 Å². The number of ether oxygens (including phenoxy) is 1. The zero-order valence-corrected chi connectivity index (χ0v) is 15.7. The number of likely N-dealkylation sites (tertiary alicyclic amines) is 1. The molecule has 0 radical (unpaired) electrons. The van der Waals surface area contributed by atoms with Crippen LogP contribution in [-0.2, 0) is 14.6 Å². The van der Waals surface area contributed by atoms with Crippen LogP contribution >= 0.6 is 0 Å². The summed E-state index contributed by atoms with van der Waals surface area (Å²) in [5.74, 6) is 0.316. The number of amides is 1. The summed E-state index contributed by atoms with van der Waals surface area (Å²) in [4.78, 5) is 13.8. The topological polar surface area (TPSA) is 89.7 Å². The van der Waals surface area contributed by atoms with Gasteiger partial charge in [0.25, 0.3) is 0 Å². The van der Waals surface area contributed by atoms with Crippen LogP contribution in [0.2, 0.25) is 0 Å². The molecule has 1 amide bonds. The summed E-state index contributed by atoms with van der Waals surface area (Å²) in [5.41, 5.74) is 5.66. The molecule has 0 bridgehead atoms. The SMILES string of the molecule is C[C@@H](CS(=O)(=O)c1ccc(OC/C(=C/F)CN)cc1)N1CCCCC1=O. The molecule has 0 saturated carbocycles. The Balaban J connectivity index is 2.01. The van der Waals surface area contributed by atoms with Crippen molar-refractivity contribution in [3.05, 3.63) is 36.2 Å². The van der Waals surface area contributed by atoms with Crippen LogP contribution in [0.5, 0.6) is 5.75 Å². The molecule has 0 spiro atoms. The molecule has 1 aliphatic heterocycles. The Morgan fingerprint density at radius 2 is 2.04 bits per heavy atom. The van der Waals surface area contributed by atoms with E-state index in [1.807, 2.05) is 0 Å². The second-order valence-electron chi connectivity index (χ2n) is 6.41. The monoisotopic (exact) mass is 384 g/mol. The van der Waals surface area contributed by atoms with Gasteiger partial charge in [-0.15, -0.1) is 0 Å². The number of piperidine rings is 1. The maximum Gasteiger partial charge on any atom is 0.222 e. The lowest BCUT2D eigenvalue weighted by molar-refractivity contribution is -0.134. The van der Waals surface area contributed by atoms with Crippen molar-refractivity contribution in [3.63, 3.8) is 0 Å². The van der Waals surface area contributed by atoms with Gasteiger partial charge in [-0.3, -0.25) is 4.79 Å². The van der Waals surface area contributed by atoms with Gasteiger partial charge in [-0.1, -0.05) is 0 Å². The van der Waals surface area contributed by atoms with Crippen molar-refractivity contribution >= 4 is 15.7 Å². The summed E-state index contributed by atoms with van der Waals surface area (Å²) in [6.07, 6.45) is 2.65. The van der Waals surface area contributed by atoms with Gasteiger partial charge in [-0.25, -0.2) is 12.8 Å². The van der Waals surface area contributed by atoms with Crippen molar-refractivity contribution in [2.75, 3.05) is 25.4 Å². The van der Waals surface area contributed by atoms with Gasteiger partial charge < -0.3 is 15.4 Å². The largest absolute Gasteiger partial charge is 0.489 e. The van der Waals surface area contributed by atoms with E-state index in [1.54, 1.807) is 11.8 Å². The number of hydrogen-bond acceptors (Lipinski definition) is 5. The minimum absolute atomic E-state index is 0.00715. The van der Waals surface area contributed by atoms with Crippen LogP contribution in [0.3, 0.4) is 0 Å². The van der Waals surface area contributed by atoms with Gasteiger partial charge in [0.2, 0.25) is 5.91 Å². The first-order chi connectivity index (χ1) is 12.4. The van der Waals surface area contributed by atoms with E-state index in [4.69, 9.17) is 10.5 Å². The third kappa shape index (κ3) is 5.28. The molecule has 1 heterocycles. The highest BCUT2D eigenvalue weighted by Crippen LogP contribution is 2.21. The van der Waals surface area contributed by atoms with Gasteiger partial charge in [0.15, 0.2) is 9.84 Å². The predicted molar refractivity (Wildman–Crippen MR) is 97.3 cm³/mol. The molecule has 2 rings (SSSR count). The quantitative estimate of drug-likeness (QED) is 0.741. The molecule has 2 N–H and O–H groups in total. The first kappa shape index (κ1) is 20.4. The van der Waals surface area contributed by atoms with Crippen LogP contribution in [0, 0.1) is 0 Å². The fourth-order valence-corrected chi connectivity index (χ4v) is 4.41. The smallest absolute Gasteiger partial charge is 0.222 e. The van der Waals surface area contributed by atoms with E-state index in [-0.39, 0.29) is 35.7 Å². The number of carbonyl (C=O) groups is 1. The first-order valence-electron chi connectivity index (χ1n) is 8.60. The maximum absolute atomic E-state index is 12.6. The van der Waals surface area contributed by atoms with Crippen LogP contribution in [0.4, 0.5) is 4.39 Å². The normalized spacial score (nSPS) is 17.3. The highest BCUT2D eigenvalue weighted by molar-refractivity contribution is 7.91. The Labute approximate surface area is 153 Å². The summed E-state index contributed by atoms with van der Waals surface area (Å²) >= 11 is 0. The first-order valence-corrected chi connectivity index (χ1v) is 10.3. The minimum Gasteiger partial charge on any atom is -0.489 e. The fraction of sp³-hybridized carbons (Fsp3) is 0.500. The molecule has 1 aromatic carbocycles. The van der Waals surface area contributed by atoms with Crippen molar-refractivity contribution in [1.29, 1.82) is 0 Å². The number of carbonyl (C=O) groups excluding carboxylic acids is 1. The van der Waals surface area contributed by atoms with Crippen molar-refractivity contribution in [3.8, 4) is 5.75 Å². The van der Waals surface area contributed by atoms with Gasteiger partial charge >= 0.3 is 0 Å². The van der Waals surface area contributed by atoms with Gasteiger partial charge in [0, 0.05) is 31.1 Å². The Morgan fingerprint density at radius 3 is 2.62 bits per heavy atom. The van der Waals surface area contributed by atoms with Gasteiger partial charge in [-0.05, 0) is 44.0 Å². The van der Waals surface area contributed by atoms with Crippen molar-refractivity contribution in [2.45, 2.75) is 37.1 Å². The third-order valence-electron chi connectivity index (χ3n) is 4.38. The van der Waals surface area contributed by atoms with E-state index >= 15 is 0 Å². The fourth-order valence-electron chi connectivity index (χ4n) is 2.85. The Morgan fingerprint density at radius 1 is 1.35 bits per heavy atom. The molecule has 6 nitrogen and oxygen atoms in total. The van der Waals surface area contributed by atoms with Crippen LogP contribution in [0.15, 0.2) is 41.1 Å². The van der Waals surface area contributed by atoms with Crippen LogP contribution in [0.1, 0.15) is 26.2 Å². The number of halogens is 1. The lowest BCUT2D eigenvalue weighted by Crippen LogP contribution is -2.44. The summed E-state index contributed by atoms with van der Waals surface area (Å²) in [6.45, 7) is 2.42. The van der Waals surface area contributed by atoms with Gasteiger partial charge in [0.05, 0.1) is 17.0 Å². The van der Waals surface area contributed by atoms with Gasteiger partial charge in [-0.2, -0.15) is 0 Å². The molecule has 0 unspecified atom stereocenters. The lowest BCUT2D eigenvalue weighted by Gasteiger charge is -2.32. The van der Waals surface area contributed by atoms with E-state index in [2.05, 4.69) is 0 Å². The van der Waals surface area contributed by atoms with Crippen molar-refractivity contribution in [1.82, 2.24) is 4.90 Å². The number of benzene rings is 1. The Kier molecular flexibility index (Phi) is 7.16. The molecule has 1 fully saturated rings. The second-order valence-corrected chi connectivity index (χ2v) is 8.44. The molecular weight excluding hydrogens is 359 g/mol. The molecule has 1 atom stereocenters. The van der Waals surface area contributed by atoms with Crippen molar-refractivity contribution < 1.29 is 22.3 Å². The maximum atomic E-state index is 12.6. The molecule has 1 aliphatic rings. The molecular formula is C18H25FN2O4S. The number of nitrogens with zero attached hydrogens (tertiary/aromatic N) is 1. The molecule has 0 aliphatic carbocycles. The number of nitrogens with two attached hydrogens (primary N) is 1. The predicted octanol–water partition coefficient (Wildman–Crippen LogP) is 2.05. The Hall–Kier alpha value is -1.93. The third-order valence-corrected chi connectivity index (χ3v) is 6.29. The second kappa shape index (κ2) is 9.14. The highest BCUT2D eigenvalue weighted by atomic mass is 32.2. The van der Waals surface area contributed by atoms with Crippen LogP contribution < -0.4 is 10.5 Å². The molecule has 144 valence electrons. The molecule has 8 heteroatoms. The molecule has 1 aromatic rings. The standard InChI is InChI=1S/C18H25FN2O4S/c1-14(21-9-3-2-4-18(21)22)13-26(23,24)17-7-5-16(6-8-17)25-12-15(10-19)11-20/h5-8,10,14H,2-4,9,11-13,20H2,1H3/b15-10+/t14-/m0/s1. The average molecular weight is 384 g/mol. The van der Waals surface area contributed by atoms with E-state index in [0.717, 1.165) is 12.8 Å². The van der Waals surface area contributed by atoms with Crippen LogP contribution in [0.25, 0.3) is 0 Å². The summed E-state index contributed by atoms with van der Waals surface area (Å²) in [5, 5.41) is 0. The Bertz CT molecular complexity index is 747. The van der Waals surface area contributed by atoms with E-state index in [1.165, 1.54) is 24.3 Å². The zero-order chi connectivity index (χ0) is 19.2. The summed E-state index contributed by atoms with van der Waals surface area (Å²) < 4.78 is 43.0. The number of sulfone groups is 1. The van der Waals surface area contributed by atoms with E-state index in [0.29, 0.717) is 30.6 Å². The summed E-state index contributed by atoms with van der Waals surface area (Å²) in [7, 11) is -3.53. The van der Waals surface area contributed by atoms with Crippen molar-refractivity contribution in [2.24, 2.45) is 5.73 Å². The number of hydrogen-bond donors (Lipinski definition) is 1. The van der Waals surface area contributed by atoms with Crippen LogP contribution in [-0.4, -0.2) is 50.7 Å². The molecule has 1 saturated heterocycles. The number of rotatable bonds is 8. The summed E-state index contributed by atoms with van der Waals surface area (Å²) in [6, 6.07) is 5.59. The minimum atomic E-state index is -3.53. The molecule has 0 aromatic heterocycles. The van der Waals surface area contributed by atoms with Gasteiger partial charge in [0.1, 0.15) is 12.4 Å². The zero-order valence-electron chi connectivity index (χ0n) is 14.9. The lowest BCUT2D eigenvalue weighted by atomic mass is 10.1. The van der Waals surface area contributed by atoms with E-state index < -0.39 is 9.84 Å². The highest BCUT2D eigenvalue weighted by Gasteiger charge is 2.27. The molecule has 26 heavy (non-hydrogen) atoms. The average Bonchev–Trinajstić information content (AvgIpc) is 2.63.